The van der Waals surface area contributed by atoms with Crippen LogP contribution in [0.5, 0.6) is 0 Å². The van der Waals surface area contributed by atoms with Gasteiger partial charge in [-0.15, -0.1) is 0 Å². The van der Waals surface area contributed by atoms with Gasteiger partial charge in [0.05, 0.1) is 5.60 Å². The predicted octanol–water partition coefficient (Wildman–Crippen LogP) is 3.52. The molecule has 1 fully saturated rings. The molecular formula is C18H26FNO2. The Kier molecular flexibility index (Phi) is 5.95. The normalized spacial score (nSPS) is 18.1. The highest BCUT2D eigenvalue weighted by Gasteiger charge is 2.31. The summed E-state index contributed by atoms with van der Waals surface area (Å²) in [7, 11) is 0. The van der Waals surface area contributed by atoms with E-state index in [1.807, 2.05) is 0 Å². The van der Waals surface area contributed by atoms with Gasteiger partial charge >= 0.3 is 0 Å². The van der Waals surface area contributed by atoms with Gasteiger partial charge in [0.25, 0.3) is 0 Å². The summed E-state index contributed by atoms with van der Waals surface area (Å²) in [6, 6.07) is 6.40. The van der Waals surface area contributed by atoms with Crippen LogP contribution in [-0.2, 0) is 4.79 Å². The molecule has 1 aliphatic carbocycles. The van der Waals surface area contributed by atoms with Crippen LogP contribution >= 0.6 is 0 Å². The van der Waals surface area contributed by atoms with E-state index >= 15 is 0 Å². The summed E-state index contributed by atoms with van der Waals surface area (Å²) >= 11 is 0. The fourth-order valence-corrected chi connectivity index (χ4v) is 3.24. The van der Waals surface area contributed by atoms with Gasteiger partial charge in [0.15, 0.2) is 0 Å². The number of nitrogens with one attached hydrogen (secondary N) is 1. The number of carbonyl (C=O) groups excluding carboxylic acids is 1. The molecule has 0 heterocycles. The monoisotopic (exact) mass is 307 g/mol. The van der Waals surface area contributed by atoms with E-state index in [4.69, 9.17) is 0 Å². The molecule has 1 aliphatic rings. The van der Waals surface area contributed by atoms with E-state index in [9.17, 15) is 14.3 Å². The van der Waals surface area contributed by atoms with Crippen LogP contribution in [0.1, 0.15) is 63.4 Å². The third-order valence-corrected chi connectivity index (χ3v) is 4.56. The fraction of sp³-hybridized carbons (Fsp3) is 0.611. The second-order valence-corrected chi connectivity index (χ2v) is 6.45. The molecule has 3 nitrogen and oxygen atoms in total. The van der Waals surface area contributed by atoms with Crippen LogP contribution in [0.4, 0.5) is 4.39 Å². The maximum Gasteiger partial charge on any atom is 0.220 e. The summed E-state index contributed by atoms with van der Waals surface area (Å²) in [5.74, 6) is -0.196. The molecule has 0 bridgehead atoms. The smallest absolute Gasteiger partial charge is 0.220 e. The van der Waals surface area contributed by atoms with Crippen LogP contribution in [-0.4, -0.2) is 23.2 Å². The van der Waals surface area contributed by atoms with Crippen LogP contribution in [0.25, 0.3) is 0 Å². The second kappa shape index (κ2) is 7.73. The van der Waals surface area contributed by atoms with E-state index in [2.05, 4.69) is 12.2 Å². The molecule has 0 spiro atoms. The molecule has 0 radical (unpaired) electrons. The van der Waals surface area contributed by atoms with E-state index in [1.54, 1.807) is 12.1 Å². The molecule has 4 heteroatoms. The van der Waals surface area contributed by atoms with Gasteiger partial charge in [0, 0.05) is 13.0 Å². The molecule has 2 rings (SSSR count). The average molecular weight is 307 g/mol. The Morgan fingerprint density at radius 3 is 2.55 bits per heavy atom. The molecule has 1 aromatic rings. The summed E-state index contributed by atoms with van der Waals surface area (Å²) in [6.45, 7) is 2.42. The summed E-state index contributed by atoms with van der Waals surface area (Å²) in [5, 5.41) is 13.1. The van der Waals surface area contributed by atoms with Gasteiger partial charge in [-0.2, -0.15) is 0 Å². The van der Waals surface area contributed by atoms with Crippen LogP contribution in [0.2, 0.25) is 0 Å². The predicted molar refractivity (Wildman–Crippen MR) is 85.1 cm³/mol. The van der Waals surface area contributed by atoms with Crippen molar-refractivity contribution >= 4 is 5.91 Å². The summed E-state index contributed by atoms with van der Waals surface area (Å²) in [5.41, 5.74) is 0.282. The summed E-state index contributed by atoms with van der Waals surface area (Å²) in [4.78, 5) is 12.2. The Hall–Kier alpha value is -1.42. The number of hydrogen-bond donors (Lipinski definition) is 2. The van der Waals surface area contributed by atoms with E-state index in [0.717, 1.165) is 44.1 Å². The minimum absolute atomic E-state index is 0.0388. The molecule has 2 N–H and O–H groups in total. The van der Waals surface area contributed by atoms with Crippen LogP contribution in [0.3, 0.4) is 0 Å². The lowest BCUT2D eigenvalue weighted by molar-refractivity contribution is -0.122. The van der Waals surface area contributed by atoms with Crippen molar-refractivity contribution in [2.45, 2.75) is 63.4 Å². The van der Waals surface area contributed by atoms with Crippen molar-refractivity contribution in [3.63, 3.8) is 0 Å². The van der Waals surface area contributed by atoms with Gasteiger partial charge in [-0.05, 0) is 42.9 Å². The Balaban J connectivity index is 1.89. The Bertz CT molecular complexity index is 480. The van der Waals surface area contributed by atoms with E-state index in [-0.39, 0.29) is 17.6 Å². The third kappa shape index (κ3) is 4.80. The highest BCUT2D eigenvalue weighted by Crippen LogP contribution is 2.29. The molecule has 0 aromatic heterocycles. The van der Waals surface area contributed by atoms with Crippen molar-refractivity contribution in [1.82, 2.24) is 5.32 Å². The van der Waals surface area contributed by atoms with Gasteiger partial charge in [-0.3, -0.25) is 4.79 Å². The number of benzene rings is 1. The van der Waals surface area contributed by atoms with Crippen LogP contribution in [0, 0.1) is 5.82 Å². The molecular weight excluding hydrogens is 281 g/mol. The van der Waals surface area contributed by atoms with E-state index in [0.29, 0.717) is 13.0 Å². The van der Waals surface area contributed by atoms with Crippen molar-refractivity contribution in [2.24, 2.45) is 0 Å². The standard InChI is InChI=1S/C18H26FNO2/c1-2-5-15(14-6-8-16(19)9-7-14)12-17(21)20-13-18(22)10-3-4-11-18/h6-9,15,22H,2-5,10-13H2,1H3,(H,20,21). The zero-order chi connectivity index (χ0) is 16.0. The summed E-state index contributed by atoms with van der Waals surface area (Å²) < 4.78 is 13.0. The fourth-order valence-electron chi connectivity index (χ4n) is 3.24. The number of halogens is 1. The minimum Gasteiger partial charge on any atom is -0.388 e. The Labute approximate surface area is 131 Å². The van der Waals surface area contributed by atoms with Gasteiger partial charge in [-0.25, -0.2) is 4.39 Å². The Morgan fingerprint density at radius 1 is 1.32 bits per heavy atom. The number of rotatable bonds is 7. The van der Waals surface area contributed by atoms with Gasteiger partial charge in [-0.1, -0.05) is 38.3 Å². The quantitative estimate of drug-likeness (QED) is 0.809. The number of carbonyl (C=O) groups is 1. The van der Waals surface area contributed by atoms with Crippen molar-refractivity contribution in [1.29, 1.82) is 0 Å². The van der Waals surface area contributed by atoms with Crippen LogP contribution < -0.4 is 5.32 Å². The van der Waals surface area contributed by atoms with Crippen molar-refractivity contribution in [2.75, 3.05) is 6.54 Å². The molecule has 0 saturated heterocycles. The lowest BCUT2D eigenvalue weighted by atomic mass is 9.91. The number of amides is 1. The first kappa shape index (κ1) is 16.9. The molecule has 1 aromatic carbocycles. The topological polar surface area (TPSA) is 49.3 Å². The molecule has 122 valence electrons. The van der Waals surface area contributed by atoms with Gasteiger partial charge < -0.3 is 10.4 Å². The minimum atomic E-state index is -0.716. The molecule has 1 unspecified atom stereocenters. The second-order valence-electron chi connectivity index (χ2n) is 6.45. The largest absolute Gasteiger partial charge is 0.388 e. The van der Waals surface area contributed by atoms with E-state index < -0.39 is 5.60 Å². The number of aliphatic hydroxyl groups is 1. The zero-order valence-corrected chi connectivity index (χ0v) is 13.3. The highest BCUT2D eigenvalue weighted by molar-refractivity contribution is 5.77. The van der Waals surface area contributed by atoms with Gasteiger partial charge in [0.2, 0.25) is 5.91 Å². The van der Waals surface area contributed by atoms with Crippen molar-refractivity contribution in [3.05, 3.63) is 35.6 Å². The number of hydrogen-bond acceptors (Lipinski definition) is 2. The SMILES string of the molecule is CCCC(CC(=O)NCC1(O)CCCC1)c1ccc(F)cc1. The highest BCUT2D eigenvalue weighted by atomic mass is 19.1. The first-order valence-electron chi connectivity index (χ1n) is 8.27. The molecule has 1 amide bonds. The Morgan fingerprint density at radius 2 is 1.95 bits per heavy atom. The average Bonchev–Trinajstić information content (AvgIpc) is 2.93. The third-order valence-electron chi connectivity index (χ3n) is 4.56. The lowest BCUT2D eigenvalue weighted by Crippen LogP contribution is -2.41. The molecule has 0 aliphatic heterocycles. The summed E-state index contributed by atoms with van der Waals surface area (Å²) in [6.07, 6.45) is 5.84. The van der Waals surface area contributed by atoms with Crippen molar-refractivity contribution in [3.8, 4) is 0 Å². The maximum absolute atomic E-state index is 13.0. The first-order valence-corrected chi connectivity index (χ1v) is 8.27. The lowest BCUT2D eigenvalue weighted by Gasteiger charge is -2.23. The zero-order valence-electron chi connectivity index (χ0n) is 13.3. The van der Waals surface area contributed by atoms with E-state index in [1.165, 1.54) is 12.1 Å². The van der Waals surface area contributed by atoms with Crippen LogP contribution in [0.15, 0.2) is 24.3 Å². The molecule has 1 atom stereocenters. The van der Waals surface area contributed by atoms with Crippen molar-refractivity contribution < 1.29 is 14.3 Å². The maximum atomic E-state index is 13.0. The molecule has 1 saturated carbocycles. The van der Waals surface area contributed by atoms with Gasteiger partial charge in [0.1, 0.15) is 5.82 Å². The first-order chi connectivity index (χ1) is 10.5. The molecule has 22 heavy (non-hydrogen) atoms.